The molecule has 0 heterocycles. The van der Waals surface area contributed by atoms with Gasteiger partial charge >= 0.3 is 6.18 Å². The monoisotopic (exact) mass is 274 g/mol. The molecule has 0 aliphatic carbocycles. The number of nitrogens with one attached hydrogen (secondary N) is 1. The van der Waals surface area contributed by atoms with Crippen molar-refractivity contribution in [3.8, 4) is 0 Å². The predicted octanol–water partition coefficient (Wildman–Crippen LogP) is 3.40. The second-order valence-corrected chi connectivity index (χ2v) is 4.63. The summed E-state index contributed by atoms with van der Waals surface area (Å²) in [4.78, 5) is 0. The third kappa shape index (κ3) is 7.85. The second-order valence-electron chi connectivity index (χ2n) is 4.63. The summed E-state index contributed by atoms with van der Waals surface area (Å²) in [5.74, 6) is 0. The molecule has 0 aliphatic heterocycles. The Morgan fingerprint density at radius 3 is 2.32 bits per heavy atom. The molecule has 5 heteroatoms. The topological polar surface area (TPSA) is 38.0 Å². The van der Waals surface area contributed by atoms with Gasteiger partial charge in [-0.05, 0) is 37.9 Å². The first-order chi connectivity index (χ1) is 8.99. The fourth-order valence-electron chi connectivity index (χ4n) is 1.85. The SMILES string of the molecule is NC(CCCNCCCC(F)(F)F)c1ccccc1. The minimum atomic E-state index is -4.04. The first-order valence-corrected chi connectivity index (χ1v) is 6.57. The smallest absolute Gasteiger partial charge is 0.324 e. The Kier molecular flexibility index (Phi) is 6.87. The first-order valence-electron chi connectivity index (χ1n) is 6.57. The molecule has 0 fully saturated rings. The van der Waals surface area contributed by atoms with E-state index >= 15 is 0 Å². The molecule has 0 aromatic heterocycles. The van der Waals surface area contributed by atoms with Crippen molar-refractivity contribution in [1.82, 2.24) is 5.32 Å². The molecule has 19 heavy (non-hydrogen) atoms. The molecule has 2 nitrogen and oxygen atoms in total. The first kappa shape index (κ1) is 16.0. The Morgan fingerprint density at radius 1 is 1.05 bits per heavy atom. The summed E-state index contributed by atoms with van der Waals surface area (Å²) in [6, 6.07) is 9.81. The summed E-state index contributed by atoms with van der Waals surface area (Å²) in [7, 11) is 0. The van der Waals surface area contributed by atoms with Crippen LogP contribution in [0.25, 0.3) is 0 Å². The van der Waals surface area contributed by atoms with Gasteiger partial charge in [-0.15, -0.1) is 0 Å². The third-order valence-corrected chi connectivity index (χ3v) is 2.91. The lowest BCUT2D eigenvalue weighted by Gasteiger charge is -2.12. The number of alkyl halides is 3. The van der Waals surface area contributed by atoms with Gasteiger partial charge in [0, 0.05) is 12.5 Å². The molecule has 1 aromatic carbocycles. The van der Waals surface area contributed by atoms with Crippen molar-refractivity contribution < 1.29 is 13.2 Å². The van der Waals surface area contributed by atoms with Crippen LogP contribution < -0.4 is 11.1 Å². The third-order valence-electron chi connectivity index (χ3n) is 2.91. The van der Waals surface area contributed by atoms with Crippen LogP contribution in [0.4, 0.5) is 13.2 Å². The molecule has 1 unspecified atom stereocenters. The number of hydrogen-bond acceptors (Lipinski definition) is 2. The maximum atomic E-state index is 11.9. The fraction of sp³-hybridized carbons (Fsp3) is 0.571. The summed E-state index contributed by atoms with van der Waals surface area (Å²) < 4.78 is 35.6. The average molecular weight is 274 g/mol. The Morgan fingerprint density at radius 2 is 1.68 bits per heavy atom. The molecule has 1 rings (SSSR count). The van der Waals surface area contributed by atoms with Crippen LogP contribution in [0.3, 0.4) is 0 Å². The molecule has 0 saturated carbocycles. The highest BCUT2D eigenvalue weighted by Gasteiger charge is 2.25. The van der Waals surface area contributed by atoms with Crippen LogP contribution in [-0.2, 0) is 0 Å². The van der Waals surface area contributed by atoms with Crippen molar-refractivity contribution in [2.24, 2.45) is 5.73 Å². The van der Waals surface area contributed by atoms with E-state index in [0.29, 0.717) is 13.1 Å². The Hall–Kier alpha value is -1.07. The molecule has 3 N–H and O–H groups in total. The molecular formula is C14H21F3N2. The fourth-order valence-corrected chi connectivity index (χ4v) is 1.85. The number of benzene rings is 1. The van der Waals surface area contributed by atoms with Crippen LogP contribution in [0, 0.1) is 0 Å². The Labute approximate surface area is 112 Å². The molecule has 108 valence electrons. The zero-order chi connectivity index (χ0) is 14.1. The number of nitrogens with two attached hydrogens (primary N) is 1. The van der Waals surface area contributed by atoms with Crippen LogP contribution in [0.2, 0.25) is 0 Å². The van der Waals surface area contributed by atoms with E-state index in [1.165, 1.54) is 0 Å². The second kappa shape index (κ2) is 8.17. The van der Waals surface area contributed by atoms with Crippen LogP contribution in [0.15, 0.2) is 30.3 Å². The van der Waals surface area contributed by atoms with E-state index in [0.717, 1.165) is 18.4 Å². The average Bonchev–Trinajstić information content (AvgIpc) is 2.37. The highest BCUT2D eigenvalue weighted by Crippen LogP contribution is 2.20. The Balaban J connectivity index is 2.02. The lowest BCUT2D eigenvalue weighted by atomic mass is 10.0. The molecule has 0 aliphatic rings. The van der Waals surface area contributed by atoms with Gasteiger partial charge in [-0.2, -0.15) is 13.2 Å². The maximum Gasteiger partial charge on any atom is 0.389 e. The van der Waals surface area contributed by atoms with Crippen molar-refractivity contribution in [3.63, 3.8) is 0 Å². The van der Waals surface area contributed by atoms with Crippen molar-refractivity contribution in [3.05, 3.63) is 35.9 Å². The zero-order valence-corrected chi connectivity index (χ0v) is 10.9. The molecule has 1 atom stereocenters. The quantitative estimate of drug-likeness (QED) is 0.713. The Bertz CT molecular complexity index is 338. The lowest BCUT2D eigenvalue weighted by Crippen LogP contribution is -2.20. The van der Waals surface area contributed by atoms with E-state index in [1.807, 2.05) is 30.3 Å². The van der Waals surface area contributed by atoms with E-state index in [-0.39, 0.29) is 12.5 Å². The highest BCUT2D eigenvalue weighted by atomic mass is 19.4. The zero-order valence-electron chi connectivity index (χ0n) is 10.9. The van der Waals surface area contributed by atoms with E-state index < -0.39 is 12.6 Å². The number of rotatable bonds is 8. The van der Waals surface area contributed by atoms with Crippen molar-refractivity contribution in [2.45, 2.75) is 37.9 Å². The van der Waals surface area contributed by atoms with Gasteiger partial charge in [0.05, 0.1) is 0 Å². The van der Waals surface area contributed by atoms with Crippen molar-refractivity contribution in [1.29, 1.82) is 0 Å². The van der Waals surface area contributed by atoms with Gasteiger partial charge < -0.3 is 11.1 Å². The van der Waals surface area contributed by atoms with E-state index in [1.54, 1.807) is 0 Å². The van der Waals surface area contributed by atoms with Crippen LogP contribution in [-0.4, -0.2) is 19.3 Å². The molecule has 0 radical (unpaired) electrons. The number of halogens is 3. The summed E-state index contributed by atoms with van der Waals surface area (Å²) >= 11 is 0. The molecule has 0 bridgehead atoms. The predicted molar refractivity (Wildman–Crippen MR) is 70.8 cm³/mol. The summed E-state index contributed by atoms with van der Waals surface area (Å²) in [5.41, 5.74) is 7.11. The van der Waals surface area contributed by atoms with Crippen LogP contribution in [0.5, 0.6) is 0 Å². The molecule has 1 aromatic rings. The van der Waals surface area contributed by atoms with Crippen LogP contribution >= 0.6 is 0 Å². The van der Waals surface area contributed by atoms with Gasteiger partial charge in [0.1, 0.15) is 0 Å². The van der Waals surface area contributed by atoms with Crippen molar-refractivity contribution >= 4 is 0 Å². The molecule has 0 saturated heterocycles. The summed E-state index contributed by atoms with van der Waals surface area (Å²) in [6.45, 7) is 1.11. The molecule has 0 amide bonds. The van der Waals surface area contributed by atoms with Crippen molar-refractivity contribution in [2.75, 3.05) is 13.1 Å². The number of hydrogen-bond donors (Lipinski definition) is 2. The molecular weight excluding hydrogens is 253 g/mol. The van der Waals surface area contributed by atoms with Gasteiger partial charge in [0.2, 0.25) is 0 Å². The van der Waals surface area contributed by atoms with E-state index in [4.69, 9.17) is 5.73 Å². The minimum Gasteiger partial charge on any atom is -0.324 e. The van der Waals surface area contributed by atoms with Gasteiger partial charge in [-0.3, -0.25) is 0 Å². The largest absolute Gasteiger partial charge is 0.389 e. The van der Waals surface area contributed by atoms with Gasteiger partial charge in [-0.1, -0.05) is 30.3 Å². The summed E-state index contributed by atoms with van der Waals surface area (Å²) in [5, 5.41) is 3.01. The van der Waals surface area contributed by atoms with Gasteiger partial charge in [-0.25, -0.2) is 0 Å². The maximum absolute atomic E-state index is 11.9. The highest BCUT2D eigenvalue weighted by molar-refractivity contribution is 5.18. The lowest BCUT2D eigenvalue weighted by molar-refractivity contribution is -0.135. The van der Waals surface area contributed by atoms with Crippen LogP contribution in [0.1, 0.15) is 37.3 Å². The standard InChI is InChI=1S/C14H21F3N2/c15-14(16,17)9-5-11-19-10-4-8-13(18)12-6-2-1-3-7-12/h1-3,6-7,13,19H,4-5,8-11,18H2. The summed E-state index contributed by atoms with van der Waals surface area (Å²) in [6.07, 6.45) is -2.94. The van der Waals surface area contributed by atoms with E-state index in [2.05, 4.69) is 5.32 Å². The van der Waals surface area contributed by atoms with Gasteiger partial charge in [0.15, 0.2) is 0 Å². The van der Waals surface area contributed by atoms with Gasteiger partial charge in [0.25, 0.3) is 0 Å². The van der Waals surface area contributed by atoms with E-state index in [9.17, 15) is 13.2 Å². The minimum absolute atomic E-state index is 0.00169. The molecule has 0 spiro atoms. The normalized spacial score (nSPS) is 13.5.